The molecule has 0 saturated carbocycles. The van der Waals surface area contributed by atoms with Gasteiger partial charge in [0.1, 0.15) is 0 Å². The number of rotatable bonds is 4. The minimum Gasteiger partial charge on any atom is -0.324 e. The normalized spacial score (nSPS) is 12.2. The molecule has 3 nitrogen and oxygen atoms in total. The molecule has 0 bridgehead atoms. The minimum absolute atomic E-state index is 0.160. The molecule has 0 aliphatic heterocycles. The van der Waals surface area contributed by atoms with E-state index < -0.39 is 6.04 Å². The van der Waals surface area contributed by atoms with Gasteiger partial charge in [0.05, 0.1) is 6.04 Å². The third kappa shape index (κ3) is 3.51. The maximum atomic E-state index is 11.7. The Labute approximate surface area is 101 Å². The topological polar surface area (TPSA) is 55.1 Å². The van der Waals surface area contributed by atoms with E-state index in [1.54, 1.807) is 12.1 Å². The second-order valence-corrected chi connectivity index (χ2v) is 4.28. The summed E-state index contributed by atoms with van der Waals surface area (Å²) in [5.41, 5.74) is 7.42. The summed E-state index contributed by atoms with van der Waals surface area (Å²) in [5, 5.41) is 3.39. The lowest BCUT2D eigenvalue weighted by molar-refractivity contribution is -0.117. The highest BCUT2D eigenvalue weighted by atomic mass is 35.5. The maximum absolute atomic E-state index is 11.7. The fraction of sp³-hybridized carbons (Fsp3) is 0.417. The summed E-state index contributed by atoms with van der Waals surface area (Å²) in [7, 11) is 0. The summed E-state index contributed by atoms with van der Waals surface area (Å²) in [4.78, 5) is 11.7. The SMILES string of the molecule is CCC[C@@H](N)C(=O)Nc1cc(Cl)ccc1C. The number of anilines is 1. The largest absolute Gasteiger partial charge is 0.324 e. The molecule has 0 heterocycles. The summed E-state index contributed by atoms with van der Waals surface area (Å²) in [6.45, 7) is 3.91. The van der Waals surface area contributed by atoms with E-state index in [0.29, 0.717) is 11.4 Å². The molecule has 0 aliphatic rings. The molecule has 0 fully saturated rings. The number of nitrogens with two attached hydrogens (primary N) is 1. The van der Waals surface area contributed by atoms with Crippen LogP contribution in [0.2, 0.25) is 5.02 Å². The Bertz CT molecular complexity index is 379. The van der Waals surface area contributed by atoms with Crippen molar-refractivity contribution in [3.63, 3.8) is 0 Å². The number of halogens is 1. The highest BCUT2D eigenvalue weighted by Crippen LogP contribution is 2.20. The lowest BCUT2D eigenvalue weighted by Gasteiger charge is -2.13. The van der Waals surface area contributed by atoms with Gasteiger partial charge in [0.15, 0.2) is 0 Å². The zero-order chi connectivity index (χ0) is 12.1. The Hall–Kier alpha value is -1.06. The van der Waals surface area contributed by atoms with Gasteiger partial charge in [-0.3, -0.25) is 4.79 Å². The van der Waals surface area contributed by atoms with Crippen LogP contribution in [0.5, 0.6) is 0 Å². The molecule has 1 rings (SSSR count). The summed E-state index contributed by atoms with van der Waals surface area (Å²) < 4.78 is 0. The fourth-order valence-corrected chi connectivity index (χ4v) is 1.57. The van der Waals surface area contributed by atoms with Crippen molar-refractivity contribution in [2.24, 2.45) is 5.73 Å². The number of carbonyl (C=O) groups is 1. The van der Waals surface area contributed by atoms with Crippen LogP contribution in [0.1, 0.15) is 25.3 Å². The van der Waals surface area contributed by atoms with E-state index in [2.05, 4.69) is 5.32 Å². The van der Waals surface area contributed by atoms with Gasteiger partial charge in [-0.15, -0.1) is 0 Å². The van der Waals surface area contributed by atoms with Gasteiger partial charge in [0.2, 0.25) is 5.91 Å². The number of amides is 1. The molecule has 88 valence electrons. The van der Waals surface area contributed by atoms with Crippen molar-refractivity contribution in [3.05, 3.63) is 28.8 Å². The monoisotopic (exact) mass is 240 g/mol. The molecule has 0 unspecified atom stereocenters. The van der Waals surface area contributed by atoms with Gasteiger partial charge in [-0.1, -0.05) is 31.0 Å². The van der Waals surface area contributed by atoms with E-state index in [-0.39, 0.29) is 5.91 Å². The standard InChI is InChI=1S/C12H17ClN2O/c1-3-4-10(14)12(16)15-11-7-9(13)6-5-8(11)2/h5-7,10H,3-4,14H2,1-2H3,(H,15,16)/t10-/m1/s1. The van der Waals surface area contributed by atoms with Gasteiger partial charge in [-0.25, -0.2) is 0 Å². The Morgan fingerprint density at radius 3 is 2.88 bits per heavy atom. The van der Waals surface area contributed by atoms with E-state index in [0.717, 1.165) is 17.7 Å². The first-order valence-electron chi connectivity index (χ1n) is 5.37. The zero-order valence-corrected chi connectivity index (χ0v) is 10.3. The van der Waals surface area contributed by atoms with Crippen molar-refractivity contribution in [3.8, 4) is 0 Å². The molecule has 0 aliphatic carbocycles. The van der Waals surface area contributed by atoms with Crippen LogP contribution in [0.4, 0.5) is 5.69 Å². The van der Waals surface area contributed by atoms with Gasteiger partial charge < -0.3 is 11.1 Å². The molecule has 3 N–H and O–H groups in total. The summed E-state index contributed by atoms with van der Waals surface area (Å²) >= 11 is 5.86. The molecule has 1 atom stereocenters. The molecule has 0 spiro atoms. The average molecular weight is 241 g/mol. The highest BCUT2D eigenvalue weighted by Gasteiger charge is 2.13. The van der Waals surface area contributed by atoms with Crippen LogP contribution in [-0.4, -0.2) is 11.9 Å². The van der Waals surface area contributed by atoms with Gasteiger partial charge >= 0.3 is 0 Å². The Balaban J connectivity index is 2.72. The molecule has 0 radical (unpaired) electrons. The summed E-state index contributed by atoms with van der Waals surface area (Å²) in [6.07, 6.45) is 1.58. The molecule has 4 heteroatoms. The number of hydrogen-bond acceptors (Lipinski definition) is 2. The lowest BCUT2D eigenvalue weighted by atomic mass is 10.1. The predicted molar refractivity (Wildman–Crippen MR) is 67.7 cm³/mol. The second kappa shape index (κ2) is 5.87. The van der Waals surface area contributed by atoms with Crippen molar-refractivity contribution >= 4 is 23.2 Å². The van der Waals surface area contributed by atoms with Crippen molar-refractivity contribution in [1.29, 1.82) is 0 Å². The smallest absolute Gasteiger partial charge is 0.241 e. The molecular weight excluding hydrogens is 224 g/mol. The van der Waals surface area contributed by atoms with Gasteiger partial charge in [0.25, 0.3) is 0 Å². The number of benzene rings is 1. The van der Waals surface area contributed by atoms with E-state index in [1.165, 1.54) is 0 Å². The Morgan fingerprint density at radius 1 is 1.56 bits per heavy atom. The van der Waals surface area contributed by atoms with Gasteiger partial charge in [-0.2, -0.15) is 0 Å². The molecule has 1 amide bonds. The van der Waals surface area contributed by atoms with E-state index in [4.69, 9.17) is 17.3 Å². The van der Waals surface area contributed by atoms with Crippen LogP contribution in [0.15, 0.2) is 18.2 Å². The van der Waals surface area contributed by atoms with Crippen LogP contribution in [0.3, 0.4) is 0 Å². The van der Waals surface area contributed by atoms with Crippen LogP contribution >= 0.6 is 11.6 Å². The van der Waals surface area contributed by atoms with Crippen molar-refractivity contribution < 1.29 is 4.79 Å². The van der Waals surface area contributed by atoms with Crippen LogP contribution in [-0.2, 0) is 4.79 Å². The van der Waals surface area contributed by atoms with E-state index in [1.807, 2.05) is 19.9 Å². The second-order valence-electron chi connectivity index (χ2n) is 3.84. The molecule has 0 saturated heterocycles. The molecule has 16 heavy (non-hydrogen) atoms. The fourth-order valence-electron chi connectivity index (χ4n) is 1.40. The van der Waals surface area contributed by atoms with E-state index >= 15 is 0 Å². The first kappa shape index (κ1) is 13.0. The van der Waals surface area contributed by atoms with Crippen LogP contribution in [0, 0.1) is 6.92 Å². The number of carbonyl (C=O) groups excluding carboxylic acids is 1. The van der Waals surface area contributed by atoms with Crippen molar-refractivity contribution in [2.45, 2.75) is 32.7 Å². The first-order valence-corrected chi connectivity index (χ1v) is 5.75. The molecular formula is C12H17ClN2O. The van der Waals surface area contributed by atoms with Gasteiger partial charge in [0, 0.05) is 10.7 Å². The predicted octanol–water partition coefficient (Wildman–Crippen LogP) is 2.71. The van der Waals surface area contributed by atoms with Crippen LogP contribution < -0.4 is 11.1 Å². The Kier molecular flexibility index (Phi) is 4.77. The summed E-state index contributed by atoms with van der Waals surface area (Å²) in [5.74, 6) is -0.160. The van der Waals surface area contributed by atoms with Crippen LogP contribution in [0.25, 0.3) is 0 Å². The van der Waals surface area contributed by atoms with E-state index in [9.17, 15) is 4.79 Å². The summed E-state index contributed by atoms with van der Waals surface area (Å²) in [6, 6.07) is 4.93. The minimum atomic E-state index is -0.455. The maximum Gasteiger partial charge on any atom is 0.241 e. The molecule has 1 aromatic rings. The number of hydrogen-bond donors (Lipinski definition) is 2. The molecule has 1 aromatic carbocycles. The van der Waals surface area contributed by atoms with Crippen molar-refractivity contribution in [2.75, 3.05) is 5.32 Å². The third-order valence-corrected chi connectivity index (χ3v) is 2.63. The van der Waals surface area contributed by atoms with Crippen molar-refractivity contribution in [1.82, 2.24) is 0 Å². The first-order chi connectivity index (χ1) is 7.54. The van der Waals surface area contributed by atoms with Gasteiger partial charge in [-0.05, 0) is 31.0 Å². The average Bonchev–Trinajstić information content (AvgIpc) is 2.23. The highest BCUT2D eigenvalue weighted by molar-refractivity contribution is 6.31. The molecule has 0 aromatic heterocycles. The third-order valence-electron chi connectivity index (χ3n) is 2.39. The number of nitrogens with one attached hydrogen (secondary N) is 1. The zero-order valence-electron chi connectivity index (χ0n) is 9.59. The lowest BCUT2D eigenvalue weighted by Crippen LogP contribution is -2.35. The quantitative estimate of drug-likeness (QED) is 0.850. The Morgan fingerprint density at radius 2 is 2.25 bits per heavy atom. The number of aryl methyl sites for hydroxylation is 1.